The summed E-state index contributed by atoms with van der Waals surface area (Å²) in [5, 5.41) is 11.6. The van der Waals surface area contributed by atoms with Crippen LogP contribution in [0.2, 0.25) is 0 Å². The van der Waals surface area contributed by atoms with E-state index in [1.807, 2.05) is 32.9 Å². The molecule has 42 heavy (non-hydrogen) atoms. The molecule has 0 saturated heterocycles. The van der Waals surface area contributed by atoms with Gasteiger partial charge in [-0.25, -0.2) is 9.18 Å². The van der Waals surface area contributed by atoms with E-state index in [0.29, 0.717) is 23.4 Å². The van der Waals surface area contributed by atoms with Gasteiger partial charge in [-0.2, -0.15) is 13.2 Å². The predicted molar refractivity (Wildman–Crippen MR) is 151 cm³/mol. The molecule has 0 aromatic heterocycles. The second-order valence-corrected chi connectivity index (χ2v) is 10.3. The van der Waals surface area contributed by atoms with E-state index in [1.54, 1.807) is 24.3 Å². The third kappa shape index (κ3) is 8.78. The smallest absolute Gasteiger partial charge is 0.545 e. The Morgan fingerprint density at radius 1 is 0.929 bits per heavy atom. The van der Waals surface area contributed by atoms with Gasteiger partial charge in [-0.15, -0.1) is 4.99 Å². The first-order valence-corrected chi connectivity index (χ1v) is 12.6. The van der Waals surface area contributed by atoms with Gasteiger partial charge in [-0.05, 0) is 59.0 Å². The zero-order valence-electron chi connectivity index (χ0n) is 23.0. The van der Waals surface area contributed by atoms with Crippen LogP contribution in [0.15, 0.2) is 71.7 Å². The van der Waals surface area contributed by atoms with E-state index in [1.165, 1.54) is 17.0 Å². The van der Waals surface area contributed by atoms with Crippen LogP contribution in [0.3, 0.4) is 0 Å². The number of rotatable bonds is 7. The lowest BCUT2D eigenvalue weighted by molar-refractivity contribution is -0.137. The van der Waals surface area contributed by atoms with Crippen molar-refractivity contribution < 1.29 is 37.1 Å². The third-order valence-electron chi connectivity index (χ3n) is 6.00. The quantitative estimate of drug-likeness (QED) is 0.149. The summed E-state index contributed by atoms with van der Waals surface area (Å²) in [6.45, 7) is 5.75. The van der Waals surface area contributed by atoms with Crippen LogP contribution in [0.1, 0.15) is 47.8 Å². The van der Waals surface area contributed by atoms with E-state index in [4.69, 9.17) is 10.8 Å². The molecule has 3 aromatic rings. The molecule has 6 N–H and O–H groups in total. The minimum Gasteiger partial charge on any atom is -0.545 e. The molecule has 4 amide bonds. The van der Waals surface area contributed by atoms with Crippen LogP contribution in [-0.4, -0.2) is 35.5 Å². The van der Waals surface area contributed by atoms with Crippen molar-refractivity contribution >= 4 is 35.2 Å². The number of alkyl halides is 3. The Balaban J connectivity index is 1.86. The number of carbonyl (C=O) groups excluding carboxylic acids is 3. The van der Waals surface area contributed by atoms with E-state index in [9.17, 15) is 31.9 Å². The molecule has 0 spiro atoms. The fourth-order valence-corrected chi connectivity index (χ4v) is 3.83. The van der Waals surface area contributed by atoms with Crippen molar-refractivity contribution in [1.82, 2.24) is 5.32 Å². The first kappa shape index (κ1) is 31.6. The molecule has 0 aliphatic heterocycles. The molecule has 3 aromatic carbocycles. The number of hydrogen-bond donors (Lipinski definition) is 3. The van der Waals surface area contributed by atoms with Crippen molar-refractivity contribution in [3.63, 3.8) is 0 Å². The second kappa shape index (κ2) is 12.7. The summed E-state index contributed by atoms with van der Waals surface area (Å²) in [6, 6.07) is 14.1. The number of hydrogen-bond acceptors (Lipinski definition) is 3. The van der Waals surface area contributed by atoms with Crippen LogP contribution in [0.5, 0.6) is 0 Å². The molecule has 13 heteroatoms. The van der Waals surface area contributed by atoms with Crippen molar-refractivity contribution in [2.75, 3.05) is 16.8 Å². The Bertz CT molecular complexity index is 1480. The average molecular weight is 589 g/mol. The zero-order chi connectivity index (χ0) is 31.2. The van der Waals surface area contributed by atoms with Crippen molar-refractivity contribution in [3.8, 4) is 0 Å². The number of nitrogens with zero attached hydrogens (tertiary/aromatic N) is 2. The van der Waals surface area contributed by atoms with Gasteiger partial charge in [0, 0.05) is 16.9 Å². The molecule has 222 valence electrons. The maximum atomic E-state index is 14.0. The van der Waals surface area contributed by atoms with Crippen LogP contribution in [0.25, 0.3) is 0 Å². The number of nitrogens with two attached hydrogens (primary N) is 1. The number of halogens is 4. The maximum Gasteiger partial charge on any atom is 0.654 e. The molecule has 3 rings (SSSR count). The standard InChI is InChI=1S/C29H29F4N5O4/c1-28(2,3)19-8-10-23(11-9-19)38(26(40)36-22-13-20(29(31,32)33)12-21(30)14-22)16-17-4-6-18(7-5-17)25(39)35-15-24(34)37-27(41)42/h4-14H,15-16H2,1-3H3,(H2,34,37)(H,35,39)(H,36,40)(H,41,42)/p+1. The molecule has 0 bridgehead atoms. The summed E-state index contributed by atoms with van der Waals surface area (Å²) in [6.07, 6.45) is -6.05. The molecule has 0 fully saturated rings. The van der Waals surface area contributed by atoms with Crippen LogP contribution in [-0.2, 0) is 18.1 Å². The van der Waals surface area contributed by atoms with Gasteiger partial charge < -0.3 is 21.5 Å². The highest BCUT2D eigenvalue weighted by Gasteiger charge is 2.32. The van der Waals surface area contributed by atoms with E-state index < -0.39 is 35.6 Å². The molecular weight excluding hydrogens is 558 g/mol. The number of amidine groups is 1. The molecule has 0 aliphatic carbocycles. The molecule has 0 saturated carbocycles. The fourth-order valence-electron chi connectivity index (χ4n) is 3.83. The molecule has 0 unspecified atom stereocenters. The lowest BCUT2D eigenvalue weighted by Crippen LogP contribution is -2.35. The predicted octanol–water partition coefficient (Wildman–Crippen LogP) is 5.31. The number of urea groups is 1. The summed E-state index contributed by atoms with van der Waals surface area (Å²) < 4.78 is 53.6. The maximum absolute atomic E-state index is 14.0. The molecule has 0 aliphatic rings. The largest absolute Gasteiger partial charge is 0.654 e. The Morgan fingerprint density at radius 3 is 2.10 bits per heavy atom. The SMILES string of the molecule is CC(C)(C)c1ccc(N(Cc2ccc(C(=O)NC/C(N)=N/C(=O)[OH2+])cc2)C(=O)Nc2cc(F)cc(C(F)(F)F)c2)cc1. The Labute approximate surface area is 239 Å². The number of carbonyl (C=O) groups is 3. The zero-order valence-corrected chi connectivity index (χ0v) is 23.0. The third-order valence-corrected chi connectivity index (χ3v) is 6.00. The van der Waals surface area contributed by atoms with Gasteiger partial charge in [-0.1, -0.05) is 45.0 Å². The first-order valence-electron chi connectivity index (χ1n) is 12.6. The van der Waals surface area contributed by atoms with Gasteiger partial charge >= 0.3 is 18.3 Å². The van der Waals surface area contributed by atoms with Crippen molar-refractivity contribution in [2.24, 2.45) is 10.7 Å². The topological polar surface area (TPSA) is 140 Å². The number of nitrogens with one attached hydrogen (secondary N) is 2. The highest BCUT2D eigenvalue weighted by Crippen LogP contribution is 2.32. The lowest BCUT2D eigenvalue weighted by Gasteiger charge is -2.25. The van der Waals surface area contributed by atoms with Crippen LogP contribution >= 0.6 is 0 Å². The Morgan fingerprint density at radius 2 is 1.55 bits per heavy atom. The van der Waals surface area contributed by atoms with Gasteiger partial charge in [-0.3, -0.25) is 9.69 Å². The monoisotopic (exact) mass is 588 g/mol. The molecule has 0 radical (unpaired) electrons. The van der Waals surface area contributed by atoms with Gasteiger partial charge in [0.05, 0.1) is 23.4 Å². The van der Waals surface area contributed by atoms with E-state index >= 15 is 0 Å². The van der Waals surface area contributed by atoms with E-state index in [2.05, 4.69) is 15.6 Å². The van der Waals surface area contributed by atoms with Crippen LogP contribution in [0, 0.1) is 5.82 Å². The van der Waals surface area contributed by atoms with Gasteiger partial charge in [0.15, 0.2) is 0 Å². The Kier molecular flexibility index (Phi) is 9.56. The summed E-state index contributed by atoms with van der Waals surface area (Å²) in [5.41, 5.74) is 5.88. The van der Waals surface area contributed by atoms with E-state index in [-0.39, 0.29) is 35.6 Å². The molecule has 0 atom stereocenters. The Hall–Kier alpha value is -4.94. The number of aliphatic imine (C=N–C) groups is 1. The minimum atomic E-state index is -4.81. The van der Waals surface area contributed by atoms with Crippen molar-refractivity contribution in [3.05, 3.63) is 94.8 Å². The lowest BCUT2D eigenvalue weighted by atomic mass is 9.87. The summed E-state index contributed by atoms with van der Waals surface area (Å²) in [4.78, 5) is 40.9. The van der Waals surface area contributed by atoms with Crippen molar-refractivity contribution in [2.45, 2.75) is 38.9 Å². The van der Waals surface area contributed by atoms with Gasteiger partial charge in [0.1, 0.15) is 11.7 Å². The minimum absolute atomic E-state index is 0.0464. The number of benzene rings is 3. The number of amides is 4. The normalized spacial score (nSPS) is 12.0. The fraction of sp³-hybridized carbons (Fsp3) is 0.241. The van der Waals surface area contributed by atoms with Gasteiger partial charge in [0.25, 0.3) is 5.91 Å². The highest BCUT2D eigenvalue weighted by molar-refractivity contribution is 6.02. The van der Waals surface area contributed by atoms with Gasteiger partial charge in [0.2, 0.25) is 0 Å². The summed E-state index contributed by atoms with van der Waals surface area (Å²) >= 11 is 0. The molecule has 0 heterocycles. The molecular formula is C29H30F4N5O4+. The first-order chi connectivity index (χ1) is 19.5. The summed E-state index contributed by atoms with van der Waals surface area (Å²) in [5.74, 6) is -1.93. The van der Waals surface area contributed by atoms with Crippen molar-refractivity contribution in [1.29, 1.82) is 0 Å². The average Bonchev–Trinajstić information content (AvgIpc) is 2.89. The molecule has 9 nitrogen and oxygen atoms in total. The number of anilines is 2. The summed E-state index contributed by atoms with van der Waals surface area (Å²) in [7, 11) is 0. The highest BCUT2D eigenvalue weighted by atomic mass is 19.4. The van der Waals surface area contributed by atoms with E-state index in [0.717, 1.165) is 11.6 Å². The van der Waals surface area contributed by atoms with Crippen LogP contribution < -0.4 is 21.3 Å². The second-order valence-electron chi connectivity index (χ2n) is 10.3. The van der Waals surface area contributed by atoms with Crippen LogP contribution in [0.4, 0.5) is 38.5 Å².